The molecule has 0 aliphatic carbocycles. The summed E-state index contributed by atoms with van der Waals surface area (Å²) in [6, 6.07) is 6.14. The van der Waals surface area contributed by atoms with Crippen LogP contribution in [-0.2, 0) is 24.3 Å². The number of furan rings is 1. The lowest BCUT2D eigenvalue weighted by atomic mass is 10.3. The van der Waals surface area contributed by atoms with Gasteiger partial charge < -0.3 is 9.32 Å². The van der Waals surface area contributed by atoms with Gasteiger partial charge in [-0.25, -0.2) is 0 Å². The van der Waals surface area contributed by atoms with Crippen molar-refractivity contribution in [3.63, 3.8) is 0 Å². The summed E-state index contributed by atoms with van der Waals surface area (Å²) in [5.74, 6) is 2.33. The van der Waals surface area contributed by atoms with Crippen LogP contribution in [0.1, 0.15) is 43.4 Å². The van der Waals surface area contributed by atoms with E-state index in [0.717, 1.165) is 69.2 Å². The molecule has 0 N–H and O–H groups in total. The molecule has 142 valence electrons. The van der Waals surface area contributed by atoms with E-state index < -0.39 is 0 Å². The van der Waals surface area contributed by atoms with Gasteiger partial charge in [-0.1, -0.05) is 6.92 Å². The Morgan fingerprint density at radius 2 is 2.00 bits per heavy atom. The van der Waals surface area contributed by atoms with Gasteiger partial charge in [-0.05, 0) is 38.0 Å². The second-order valence-corrected chi connectivity index (χ2v) is 7.10. The molecule has 1 amide bonds. The Bertz CT molecular complexity index is 706. The van der Waals surface area contributed by atoms with E-state index in [2.05, 4.69) is 29.1 Å². The molecule has 0 radical (unpaired) electrons. The topological polar surface area (TPSA) is 54.5 Å². The number of carbonyl (C=O) groups is 1. The predicted molar refractivity (Wildman–Crippen MR) is 101 cm³/mol. The molecule has 0 unspecified atom stereocenters. The molecule has 0 aromatic carbocycles. The lowest BCUT2D eigenvalue weighted by molar-refractivity contribution is -0.131. The minimum atomic E-state index is 0.225. The van der Waals surface area contributed by atoms with Crippen LogP contribution in [0.4, 0.5) is 0 Å². The van der Waals surface area contributed by atoms with Crippen molar-refractivity contribution in [3.8, 4) is 0 Å². The molecule has 1 saturated heterocycles. The van der Waals surface area contributed by atoms with Crippen molar-refractivity contribution in [1.82, 2.24) is 19.6 Å². The number of aromatic nitrogens is 2. The summed E-state index contributed by atoms with van der Waals surface area (Å²) >= 11 is 0. The molecule has 6 heteroatoms. The molecule has 2 aromatic heterocycles. The van der Waals surface area contributed by atoms with Gasteiger partial charge in [0.25, 0.3) is 0 Å². The molecule has 1 aliphatic heterocycles. The maximum atomic E-state index is 12.5. The van der Waals surface area contributed by atoms with Crippen molar-refractivity contribution in [2.75, 3.05) is 26.2 Å². The van der Waals surface area contributed by atoms with E-state index in [1.165, 1.54) is 0 Å². The molecule has 1 fully saturated rings. The third kappa shape index (κ3) is 5.21. The molecular formula is C20H30N4O2. The molecule has 3 rings (SSSR count). The second kappa shape index (κ2) is 9.03. The number of hydrogen-bond donors (Lipinski definition) is 0. The SMILES string of the molecule is CCCc1ccc(CN2CCCN(C(=O)CCn3ccc(C)n3)CC2)o1. The van der Waals surface area contributed by atoms with Gasteiger partial charge in [0.15, 0.2) is 0 Å². The Morgan fingerprint density at radius 3 is 2.77 bits per heavy atom. The number of aryl methyl sites for hydroxylation is 3. The summed E-state index contributed by atoms with van der Waals surface area (Å²) < 4.78 is 7.75. The first-order chi connectivity index (χ1) is 12.6. The van der Waals surface area contributed by atoms with Crippen molar-refractivity contribution in [1.29, 1.82) is 0 Å². The first kappa shape index (κ1) is 18.7. The number of rotatable bonds is 7. The Morgan fingerprint density at radius 1 is 1.15 bits per heavy atom. The third-order valence-electron chi connectivity index (χ3n) is 4.86. The highest BCUT2D eigenvalue weighted by Crippen LogP contribution is 2.14. The van der Waals surface area contributed by atoms with Crippen molar-refractivity contribution in [2.24, 2.45) is 0 Å². The van der Waals surface area contributed by atoms with Crippen LogP contribution in [0, 0.1) is 6.92 Å². The normalized spacial score (nSPS) is 16.0. The standard InChI is InChI=1S/C20H30N4O2/c1-3-5-18-6-7-19(26-18)16-22-10-4-11-23(15-14-22)20(25)9-13-24-12-8-17(2)21-24/h6-8,12H,3-5,9-11,13-16H2,1-2H3. The number of amides is 1. The Hall–Kier alpha value is -2.08. The molecule has 0 saturated carbocycles. The zero-order valence-corrected chi connectivity index (χ0v) is 16.0. The van der Waals surface area contributed by atoms with Gasteiger partial charge in [-0.3, -0.25) is 14.4 Å². The van der Waals surface area contributed by atoms with Crippen LogP contribution in [-0.4, -0.2) is 51.7 Å². The summed E-state index contributed by atoms with van der Waals surface area (Å²) in [6.45, 7) is 9.15. The number of carbonyl (C=O) groups excluding carboxylic acids is 1. The maximum Gasteiger partial charge on any atom is 0.224 e. The molecule has 0 bridgehead atoms. The van der Waals surface area contributed by atoms with Gasteiger partial charge >= 0.3 is 0 Å². The van der Waals surface area contributed by atoms with Crippen molar-refractivity contribution in [2.45, 2.75) is 52.6 Å². The highest BCUT2D eigenvalue weighted by atomic mass is 16.3. The molecule has 6 nitrogen and oxygen atoms in total. The fourth-order valence-electron chi connectivity index (χ4n) is 3.44. The second-order valence-electron chi connectivity index (χ2n) is 7.10. The van der Waals surface area contributed by atoms with Crippen LogP contribution < -0.4 is 0 Å². The Labute approximate surface area is 155 Å². The monoisotopic (exact) mass is 358 g/mol. The predicted octanol–water partition coefficient (Wildman–Crippen LogP) is 2.86. The van der Waals surface area contributed by atoms with E-state index in [0.29, 0.717) is 13.0 Å². The van der Waals surface area contributed by atoms with Crippen LogP contribution in [0.25, 0.3) is 0 Å². The van der Waals surface area contributed by atoms with Gasteiger partial charge in [0, 0.05) is 51.8 Å². The summed E-state index contributed by atoms with van der Waals surface area (Å²) in [5.41, 5.74) is 0.989. The Balaban J connectivity index is 1.45. The quantitative estimate of drug-likeness (QED) is 0.764. The van der Waals surface area contributed by atoms with E-state index in [-0.39, 0.29) is 5.91 Å². The maximum absolute atomic E-state index is 12.5. The minimum Gasteiger partial charge on any atom is -0.465 e. The Kier molecular flexibility index (Phi) is 6.50. The van der Waals surface area contributed by atoms with Crippen LogP contribution in [0.3, 0.4) is 0 Å². The van der Waals surface area contributed by atoms with Gasteiger partial charge in [0.05, 0.1) is 12.2 Å². The average molecular weight is 358 g/mol. The van der Waals surface area contributed by atoms with E-state index >= 15 is 0 Å². The fraction of sp³-hybridized carbons (Fsp3) is 0.600. The van der Waals surface area contributed by atoms with Crippen LogP contribution in [0.5, 0.6) is 0 Å². The van der Waals surface area contributed by atoms with Crippen LogP contribution >= 0.6 is 0 Å². The zero-order chi connectivity index (χ0) is 18.4. The molecular weight excluding hydrogens is 328 g/mol. The molecule has 1 aliphatic rings. The highest BCUT2D eigenvalue weighted by molar-refractivity contribution is 5.76. The van der Waals surface area contributed by atoms with Crippen molar-refractivity contribution in [3.05, 3.63) is 41.6 Å². The molecule has 2 aromatic rings. The van der Waals surface area contributed by atoms with Gasteiger partial charge in [-0.15, -0.1) is 0 Å². The first-order valence-corrected chi connectivity index (χ1v) is 9.72. The zero-order valence-electron chi connectivity index (χ0n) is 16.0. The molecule has 26 heavy (non-hydrogen) atoms. The van der Waals surface area contributed by atoms with E-state index in [1.54, 1.807) is 0 Å². The lowest BCUT2D eigenvalue weighted by Crippen LogP contribution is -2.35. The van der Waals surface area contributed by atoms with Gasteiger partial charge in [0.1, 0.15) is 11.5 Å². The largest absolute Gasteiger partial charge is 0.465 e. The number of hydrogen-bond acceptors (Lipinski definition) is 4. The van der Waals surface area contributed by atoms with Crippen LogP contribution in [0.2, 0.25) is 0 Å². The summed E-state index contributed by atoms with van der Waals surface area (Å²) in [6.07, 6.45) is 5.56. The smallest absolute Gasteiger partial charge is 0.224 e. The minimum absolute atomic E-state index is 0.225. The van der Waals surface area contributed by atoms with E-state index in [1.807, 2.05) is 28.8 Å². The summed E-state index contributed by atoms with van der Waals surface area (Å²) in [4.78, 5) is 16.9. The van der Waals surface area contributed by atoms with Gasteiger partial charge in [-0.2, -0.15) is 5.10 Å². The third-order valence-corrected chi connectivity index (χ3v) is 4.86. The summed E-state index contributed by atoms with van der Waals surface area (Å²) in [5, 5.41) is 4.35. The molecule has 3 heterocycles. The average Bonchev–Trinajstić information content (AvgIpc) is 3.17. The molecule has 0 atom stereocenters. The van der Waals surface area contributed by atoms with Crippen LogP contribution in [0.15, 0.2) is 28.8 Å². The van der Waals surface area contributed by atoms with Crippen molar-refractivity contribution >= 4 is 5.91 Å². The lowest BCUT2D eigenvalue weighted by Gasteiger charge is -2.21. The van der Waals surface area contributed by atoms with E-state index in [9.17, 15) is 4.79 Å². The first-order valence-electron chi connectivity index (χ1n) is 9.72. The van der Waals surface area contributed by atoms with Crippen molar-refractivity contribution < 1.29 is 9.21 Å². The fourth-order valence-corrected chi connectivity index (χ4v) is 3.44. The molecule has 0 spiro atoms. The van der Waals surface area contributed by atoms with E-state index in [4.69, 9.17) is 4.42 Å². The summed E-state index contributed by atoms with van der Waals surface area (Å²) in [7, 11) is 0. The highest BCUT2D eigenvalue weighted by Gasteiger charge is 2.19. The number of nitrogens with zero attached hydrogens (tertiary/aromatic N) is 4. The van der Waals surface area contributed by atoms with Gasteiger partial charge in [0.2, 0.25) is 5.91 Å².